The van der Waals surface area contributed by atoms with Crippen LogP contribution in [-0.4, -0.2) is 31.3 Å². The maximum absolute atomic E-state index is 12.8. The zero-order valence-electron chi connectivity index (χ0n) is 19.0. The highest BCUT2D eigenvalue weighted by molar-refractivity contribution is 6.00. The fourth-order valence-electron chi connectivity index (χ4n) is 4.09. The fourth-order valence-corrected chi connectivity index (χ4v) is 4.09. The first-order chi connectivity index (χ1) is 15.3. The van der Waals surface area contributed by atoms with Gasteiger partial charge >= 0.3 is 6.09 Å². The lowest BCUT2D eigenvalue weighted by Crippen LogP contribution is -2.38. The molecule has 4 rings (SSSR count). The first-order valence-electron chi connectivity index (χ1n) is 10.5. The van der Waals surface area contributed by atoms with E-state index in [2.05, 4.69) is 22.6 Å². The summed E-state index contributed by atoms with van der Waals surface area (Å²) in [7, 11) is 1.53. The summed E-state index contributed by atoms with van der Waals surface area (Å²) in [5, 5.41) is 7.21. The van der Waals surface area contributed by atoms with Gasteiger partial charge in [0.25, 0.3) is 0 Å². The SMILES string of the molecule is CO/N=C(\C)c1ccccc1[C@H]1C=Cc2cc3c(cc2C1NC(=O)OC(C)(C)C)OCO3. The highest BCUT2D eigenvalue weighted by atomic mass is 16.7. The molecule has 2 aromatic rings. The van der Waals surface area contributed by atoms with Gasteiger partial charge in [-0.05, 0) is 56.5 Å². The van der Waals surface area contributed by atoms with Gasteiger partial charge in [-0.2, -0.15) is 0 Å². The normalized spacial score (nSPS) is 19.3. The van der Waals surface area contributed by atoms with Crippen molar-refractivity contribution in [1.82, 2.24) is 5.32 Å². The number of carbonyl (C=O) groups excluding carboxylic acids is 1. The van der Waals surface area contributed by atoms with Crippen LogP contribution in [0.2, 0.25) is 0 Å². The third kappa shape index (κ3) is 4.42. The molecule has 0 spiro atoms. The minimum atomic E-state index is -0.610. The Labute approximate surface area is 188 Å². The number of rotatable bonds is 4. The summed E-state index contributed by atoms with van der Waals surface area (Å²) in [6.45, 7) is 7.62. The fraction of sp³-hybridized carbons (Fsp3) is 0.360. The van der Waals surface area contributed by atoms with Gasteiger partial charge in [0.1, 0.15) is 12.7 Å². The average Bonchev–Trinajstić information content (AvgIpc) is 3.19. The molecule has 32 heavy (non-hydrogen) atoms. The molecule has 1 aliphatic carbocycles. The van der Waals surface area contributed by atoms with Crippen LogP contribution >= 0.6 is 0 Å². The number of fused-ring (bicyclic) bond motifs is 2. The van der Waals surface area contributed by atoms with Crippen molar-refractivity contribution in [2.75, 3.05) is 13.9 Å². The molecule has 0 saturated heterocycles. The maximum Gasteiger partial charge on any atom is 0.408 e. The molecule has 1 N–H and O–H groups in total. The quantitative estimate of drug-likeness (QED) is 0.529. The average molecular weight is 437 g/mol. The summed E-state index contributed by atoms with van der Waals surface area (Å²) < 4.78 is 16.7. The molecule has 2 aromatic carbocycles. The number of oxime groups is 1. The molecule has 2 atom stereocenters. The number of hydrogen-bond donors (Lipinski definition) is 1. The summed E-state index contributed by atoms with van der Waals surface area (Å²) in [6, 6.07) is 11.5. The predicted molar refractivity (Wildman–Crippen MR) is 122 cm³/mol. The lowest BCUT2D eigenvalue weighted by Gasteiger charge is -2.33. The van der Waals surface area contributed by atoms with Gasteiger partial charge in [0.05, 0.1) is 11.8 Å². The van der Waals surface area contributed by atoms with Gasteiger partial charge in [0.2, 0.25) is 6.79 Å². The van der Waals surface area contributed by atoms with Gasteiger partial charge in [0.15, 0.2) is 11.5 Å². The van der Waals surface area contributed by atoms with E-state index in [0.29, 0.717) is 11.5 Å². The van der Waals surface area contributed by atoms with Crippen LogP contribution in [0.3, 0.4) is 0 Å². The summed E-state index contributed by atoms with van der Waals surface area (Å²) in [6.07, 6.45) is 3.66. The van der Waals surface area contributed by atoms with Crippen molar-refractivity contribution in [1.29, 1.82) is 0 Å². The molecule has 7 nitrogen and oxygen atoms in total. The zero-order valence-corrected chi connectivity index (χ0v) is 19.0. The summed E-state index contributed by atoms with van der Waals surface area (Å²) in [4.78, 5) is 17.8. The van der Waals surface area contributed by atoms with Crippen LogP contribution in [0, 0.1) is 0 Å². The Morgan fingerprint density at radius 2 is 1.84 bits per heavy atom. The Bertz CT molecular complexity index is 1080. The van der Waals surface area contributed by atoms with Crippen molar-refractivity contribution >= 4 is 17.9 Å². The predicted octanol–water partition coefficient (Wildman–Crippen LogP) is 5.16. The van der Waals surface area contributed by atoms with Crippen LogP contribution in [0.4, 0.5) is 4.79 Å². The molecular formula is C25H28N2O5. The van der Waals surface area contributed by atoms with E-state index in [0.717, 1.165) is 28.0 Å². The molecule has 1 unspecified atom stereocenters. The lowest BCUT2D eigenvalue weighted by atomic mass is 9.78. The van der Waals surface area contributed by atoms with Crippen LogP contribution in [-0.2, 0) is 9.57 Å². The molecule has 0 saturated carbocycles. The number of benzene rings is 2. The highest BCUT2D eigenvalue weighted by Crippen LogP contribution is 2.45. The van der Waals surface area contributed by atoms with E-state index < -0.39 is 11.7 Å². The first kappa shape index (κ1) is 21.7. The molecule has 1 amide bonds. The van der Waals surface area contributed by atoms with Crippen molar-refractivity contribution in [3.8, 4) is 11.5 Å². The number of amides is 1. The minimum absolute atomic E-state index is 0.159. The van der Waals surface area contributed by atoms with Crippen molar-refractivity contribution in [2.24, 2.45) is 5.16 Å². The number of nitrogens with zero attached hydrogens (tertiary/aromatic N) is 1. The Morgan fingerprint density at radius 3 is 2.56 bits per heavy atom. The Balaban J connectivity index is 1.79. The Kier molecular flexibility index (Phi) is 5.82. The topological polar surface area (TPSA) is 78.4 Å². The maximum atomic E-state index is 12.8. The number of alkyl carbamates (subject to hydrolysis) is 1. The second kappa shape index (κ2) is 8.57. The molecule has 168 valence electrons. The Hall–Kier alpha value is -3.48. The van der Waals surface area contributed by atoms with Crippen LogP contribution < -0.4 is 14.8 Å². The van der Waals surface area contributed by atoms with E-state index in [9.17, 15) is 4.79 Å². The molecular weight excluding hydrogens is 408 g/mol. The van der Waals surface area contributed by atoms with Crippen molar-refractivity contribution in [3.05, 3.63) is 64.7 Å². The van der Waals surface area contributed by atoms with Gasteiger partial charge in [-0.15, -0.1) is 0 Å². The van der Waals surface area contributed by atoms with Crippen molar-refractivity contribution < 1.29 is 23.8 Å². The number of nitrogens with one attached hydrogen (secondary N) is 1. The molecule has 0 radical (unpaired) electrons. The van der Waals surface area contributed by atoms with Crippen molar-refractivity contribution in [3.63, 3.8) is 0 Å². The molecule has 0 fully saturated rings. The van der Waals surface area contributed by atoms with E-state index in [1.807, 2.05) is 64.1 Å². The smallest absolute Gasteiger partial charge is 0.408 e. The molecule has 2 aliphatic rings. The van der Waals surface area contributed by atoms with E-state index in [1.165, 1.54) is 7.11 Å². The lowest BCUT2D eigenvalue weighted by molar-refractivity contribution is 0.0499. The first-order valence-corrected chi connectivity index (χ1v) is 10.5. The van der Waals surface area contributed by atoms with Crippen LogP contribution in [0.1, 0.15) is 61.9 Å². The monoisotopic (exact) mass is 436 g/mol. The van der Waals surface area contributed by atoms with E-state index >= 15 is 0 Å². The van der Waals surface area contributed by atoms with Crippen molar-refractivity contribution in [2.45, 2.75) is 45.3 Å². The third-order valence-electron chi connectivity index (χ3n) is 5.37. The third-order valence-corrected chi connectivity index (χ3v) is 5.37. The molecule has 0 bridgehead atoms. The summed E-state index contributed by atoms with van der Waals surface area (Å²) >= 11 is 0. The molecule has 0 aromatic heterocycles. The minimum Gasteiger partial charge on any atom is -0.454 e. The second-order valence-corrected chi connectivity index (χ2v) is 8.79. The standard InChI is InChI=1S/C25H28N2O5/c1-15(27-29-5)17-8-6-7-9-18(17)19-11-10-16-12-21-22(31-14-30-21)13-20(16)23(19)26-24(28)32-25(2,3)4/h6-13,19,23H,14H2,1-5H3,(H,26,28)/b27-15+/t19-,23?/m1/s1. The Morgan fingerprint density at radius 1 is 1.12 bits per heavy atom. The number of carbonyl (C=O) groups is 1. The van der Waals surface area contributed by atoms with Gasteiger partial charge in [-0.25, -0.2) is 4.79 Å². The summed E-state index contributed by atoms with van der Waals surface area (Å²) in [5.41, 5.74) is 4.01. The van der Waals surface area contributed by atoms with Gasteiger partial charge < -0.3 is 24.4 Å². The highest BCUT2D eigenvalue weighted by Gasteiger charge is 2.34. The molecule has 7 heteroatoms. The van der Waals surface area contributed by atoms with Crippen LogP contribution in [0.25, 0.3) is 6.08 Å². The number of ether oxygens (including phenoxy) is 3. The van der Waals surface area contributed by atoms with E-state index in [1.54, 1.807) is 0 Å². The summed E-state index contributed by atoms with van der Waals surface area (Å²) in [5.74, 6) is 1.21. The van der Waals surface area contributed by atoms with Crippen LogP contribution in [0.5, 0.6) is 11.5 Å². The largest absolute Gasteiger partial charge is 0.454 e. The van der Waals surface area contributed by atoms with E-state index in [4.69, 9.17) is 19.0 Å². The van der Waals surface area contributed by atoms with Gasteiger partial charge in [0, 0.05) is 11.5 Å². The van der Waals surface area contributed by atoms with Gasteiger partial charge in [-0.3, -0.25) is 0 Å². The van der Waals surface area contributed by atoms with E-state index in [-0.39, 0.29) is 18.8 Å². The van der Waals surface area contributed by atoms with Gasteiger partial charge in [-0.1, -0.05) is 41.6 Å². The van der Waals surface area contributed by atoms with Crippen LogP contribution in [0.15, 0.2) is 47.6 Å². The molecule has 1 aliphatic heterocycles. The molecule has 1 heterocycles. The second-order valence-electron chi connectivity index (χ2n) is 8.79. The zero-order chi connectivity index (χ0) is 22.9. The number of hydrogen-bond acceptors (Lipinski definition) is 6.